The van der Waals surface area contributed by atoms with Gasteiger partial charge in [-0.15, -0.1) is 5.10 Å². The number of ether oxygens (including phenoxy) is 2. The maximum Gasteiger partial charge on any atom is 0.249 e. The molecule has 0 spiro atoms. The van der Waals surface area contributed by atoms with Crippen LogP contribution in [0.5, 0.6) is 11.5 Å². The summed E-state index contributed by atoms with van der Waals surface area (Å²) in [4.78, 5) is 29.4. The van der Waals surface area contributed by atoms with Crippen molar-refractivity contribution in [3.8, 4) is 11.5 Å². The molecule has 200 valence electrons. The van der Waals surface area contributed by atoms with Gasteiger partial charge >= 0.3 is 0 Å². The Morgan fingerprint density at radius 2 is 1.77 bits per heavy atom. The Hall–Kier alpha value is -4.47. The van der Waals surface area contributed by atoms with Crippen molar-refractivity contribution in [3.05, 3.63) is 78.1 Å². The van der Waals surface area contributed by atoms with Crippen LogP contribution in [0.4, 0.5) is 10.1 Å². The number of halogens is 1. The number of hydrogen-bond acceptors (Lipinski definition) is 6. The van der Waals surface area contributed by atoms with Crippen LogP contribution < -0.4 is 19.7 Å². The summed E-state index contributed by atoms with van der Waals surface area (Å²) in [7, 11) is 0. The molecular formula is C29H28FN5O4. The molecule has 6 rings (SSSR count). The molecule has 0 bridgehead atoms. The number of rotatable bonds is 7. The standard InChI is InChI=1S/C29H28FN5O4/c30-22-11-5-4-10-21(22)28(29(37)31-19-8-2-1-3-9-19)35(20-14-15-25-26(16-20)39-18-38-25)27(36)17-34-24-13-7-6-12-23(24)32-33-34/h4-7,10-16,19,28H,1-3,8-9,17-18H2,(H,31,37)/t28-/m0/s1. The van der Waals surface area contributed by atoms with Crippen LogP contribution in [-0.4, -0.2) is 39.6 Å². The van der Waals surface area contributed by atoms with Gasteiger partial charge < -0.3 is 14.8 Å². The largest absolute Gasteiger partial charge is 0.454 e. The highest BCUT2D eigenvalue weighted by Gasteiger charge is 2.36. The highest BCUT2D eigenvalue weighted by molar-refractivity contribution is 6.02. The molecule has 2 amide bonds. The van der Waals surface area contributed by atoms with Gasteiger partial charge in [-0.1, -0.05) is 54.8 Å². The molecule has 10 heteroatoms. The van der Waals surface area contributed by atoms with Gasteiger partial charge in [-0.2, -0.15) is 0 Å². The number of carbonyl (C=O) groups excluding carboxylic acids is 2. The third-order valence-corrected chi connectivity index (χ3v) is 7.27. The Morgan fingerprint density at radius 1 is 1.00 bits per heavy atom. The molecule has 1 aliphatic heterocycles. The molecule has 2 heterocycles. The molecule has 2 aliphatic rings. The summed E-state index contributed by atoms with van der Waals surface area (Å²) < 4.78 is 27.8. The molecule has 1 atom stereocenters. The number of anilines is 1. The van der Waals surface area contributed by atoms with Crippen LogP contribution in [0, 0.1) is 5.82 Å². The lowest BCUT2D eigenvalue weighted by Gasteiger charge is -2.33. The first-order valence-corrected chi connectivity index (χ1v) is 13.1. The maximum atomic E-state index is 15.3. The van der Waals surface area contributed by atoms with Gasteiger partial charge in [0.2, 0.25) is 18.6 Å². The molecule has 3 aromatic carbocycles. The van der Waals surface area contributed by atoms with Crippen molar-refractivity contribution in [2.45, 2.75) is 50.7 Å². The average molecular weight is 530 g/mol. The summed E-state index contributed by atoms with van der Waals surface area (Å²) >= 11 is 0. The van der Waals surface area contributed by atoms with Gasteiger partial charge in [-0.05, 0) is 43.2 Å². The number of nitrogens with one attached hydrogen (secondary N) is 1. The van der Waals surface area contributed by atoms with E-state index in [1.807, 2.05) is 18.2 Å². The second kappa shape index (κ2) is 10.7. The van der Waals surface area contributed by atoms with Gasteiger partial charge in [0.15, 0.2) is 11.5 Å². The summed E-state index contributed by atoms with van der Waals surface area (Å²) in [6.45, 7) is -0.160. The lowest BCUT2D eigenvalue weighted by molar-refractivity contribution is -0.127. The molecular weight excluding hydrogens is 501 g/mol. The number of hydrogen-bond donors (Lipinski definition) is 1. The first-order chi connectivity index (χ1) is 19.1. The minimum absolute atomic E-state index is 0.0338. The SMILES string of the molecule is O=C(NC1CCCCC1)[C@H](c1ccccc1F)N(C(=O)Cn1nnc2ccccc21)c1ccc2c(c1)OCO2. The molecule has 0 radical (unpaired) electrons. The first-order valence-electron chi connectivity index (χ1n) is 13.1. The van der Waals surface area contributed by atoms with E-state index in [4.69, 9.17) is 9.47 Å². The number of carbonyl (C=O) groups is 2. The molecule has 4 aromatic rings. The smallest absolute Gasteiger partial charge is 0.249 e. The van der Waals surface area contributed by atoms with Gasteiger partial charge in [-0.25, -0.2) is 9.07 Å². The van der Waals surface area contributed by atoms with E-state index in [0.717, 1.165) is 32.1 Å². The minimum Gasteiger partial charge on any atom is -0.454 e. The second-order valence-electron chi connectivity index (χ2n) is 9.80. The monoisotopic (exact) mass is 529 g/mol. The number of nitrogens with zero attached hydrogens (tertiary/aromatic N) is 4. The summed E-state index contributed by atoms with van der Waals surface area (Å²) in [6.07, 6.45) is 4.84. The van der Waals surface area contributed by atoms with Crippen molar-refractivity contribution in [1.82, 2.24) is 20.3 Å². The van der Waals surface area contributed by atoms with E-state index < -0.39 is 23.7 Å². The van der Waals surface area contributed by atoms with E-state index >= 15 is 4.39 Å². The van der Waals surface area contributed by atoms with Crippen molar-refractivity contribution in [2.75, 3.05) is 11.7 Å². The molecule has 1 saturated carbocycles. The quantitative estimate of drug-likeness (QED) is 0.378. The van der Waals surface area contributed by atoms with Crippen molar-refractivity contribution in [2.24, 2.45) is 0 Å². The average Bonchev–Trinajstić information content (AvgIpc) is 3.59. The van der Waals surface area contributed by atoms with E-state index in [0.29, 0.717) is 28.2 Å². The maximum absolute atomic E-state index is 15.3. The summed E-state index contributed by atoms with van der Waals surface area (Å²) in [5.41, 5.74) is 1.78. The topological polar surface area (TPSA) is 98.6 Å². The molecule has 1 aliphatic carbocycles. The van der Waals surface area contributed by atoms with E-state index in [1.165, 1.54) is 15.6 Å². The van der Waals surface area contributed by atoms with Crippen molar-refractivity contribution < 1.29 is 23.5 Å². The molecule has 1 aromatic heterocycles. The van der Waals surface area contributed by atoms with E-state index in [9.17, 15) is 9.59 Å². The first kappa shape index (κ1) is 24.8. The summed E-state index contributed by atoms with van der Waals surface area (Å²) in [5.74, 6) is -0.511. The Balaban J connectivity index is 1.43. The van der Waals surface area contributed by atoms with Crippen LogP contribution in [0.1, 0.15) is 43.7 Å². The minimum atomic E-state index is -1.27. The van der Waals surface area contributed by atoms with Crippen molar-refractivity contribution in [3.63, 3.8) is 0 Å². The van der Waals surface area contributed by atoms with E-state index in [1.54, 1.807) is 42.5 Å². The fourth-order valence-electron chi connectivity index (χ4n) is 5.33. The predicted molar refractivity (Wildman–Crippen MR) is 142 cm³/mol. The van der Waals surface area contributed by atoms with Crippen molar-refractivity contribution >= 4 is 28.5 Å². The van der Waals surface area contributed by atoms with Crippen molar-refractivity contribution in [1.29, 1.82) is 0 Å². The van der Waals surface area contributed by atoms with E-state index in [-0.39, 0.29) is 24.9 Å². The summed E-state index contributed by atoms with van der Waals surface area (Å²) in [6, 6.07) is 17.0. The normalized spacial score (nSPS) is 15.7. The number of fused-ring (bicyclic) bond motifs is 2. The third kappa shape index (κ3) is 5.01. The Kier molecular flexibility index (Phi) is 6.83. The van der Waals surface area contributed by atoms with Crippen LogP contribution in [0.2, 0.25) is 0 Å². The Morgan fingerprint density at radius 3 is 2.62 bits per heavy atom. The highest BCUT2D eigenvalue weighted by Crippen LogP contribution is 2.39. The lowest BCUT2D eigenvalue weighted by atomic mass is 9.94. The highest BCUT2D eigenvalue weighted by atomic mass is 19.1. The third-order valence-electron chi connectivity index (χ3n) is 7.27. The predicted octanol–water partition coefficient (Wildman–Crippen LogP) is 4.52. The van der Waals surface area contributed by atoms with Gasteiger partial charge in [0.1, 0.15) is 23.9 Å². The van der Waals surface area contributed by atoms with Crippen LogP contribution in [-0.2, 0) is 16.1 Å². The fourth-order valence-corrected chi connectivity index (χ4v) is 5.33. The fraction of sp³-hybridized carbons (Fsp3) is 0.310. The zero-order valence-corrected chi connectivity index (χ0v) is 21.3. The van der Waals surface area contributed by atoms with Gasteiger partial charge in [0.25, 0.3) is 0 Å². The molecule has 1 N–H and O–H groups in total. The van der Waals surface area contributed by atoms with Crippen LogP contribution in [0.25, 0.3) is 11.0 Å². The number of benzene rings is 3. The molecule has 1 fully saturated rings. The van der Waals surface area contributed by atoms with Gasteiger partial charge in [-0.3, -0.25) is 14.5 Å². The zero-order chi connectivity index (χ0) is 26.8. The van der Waals surface area contributed by atoms with Gasteiger partial charge in [0, 0.05) is 23.4 Å². The molecule has 9 nitrogen and oxygen atoms in total. The Bertz CT molecular complexity index is 1520. The number of aromatic nitrogens is 3. The lowest BCUT2D eigenvalue weighted by Crippen LogP contribution is -2.48. The van der Waals surface area contributed by atoms with E-state index in [2.05, 4.69) is 15.6 Å². The Labute approximate surface area is 224 Å². The molecule has 0 saturated heterocycles. The molecule has 0 unspecified atom stereocenters. The van der Waals surface area contributed by atoms with Crippen LogP contribution in [0.3, 0.4) is 0 Å². The number of amides is 2. The zero-order valence-electron chi connectivity index (χ0n) is 21.3. The van der Waals surface area contributed by atoms with Crippen LogP contribution >= 0.6 is 0 Å². The summed E-state index contributed by atoms with van der Waals surface area (Å²) in [5, 5.41) is 11.4. The van der Waals surface area contributed by atoms with Crippen LogP contribution in [0.15, 0.2) is 66.7 Å². The van der Waals surface area contributed by atoms with Gasteiger partial charge in [0.05, 0.1) is 5.52 Å². The second-order valence-corrected chi connectivity index (χ2v) is 9.80. The molecule has 39 heavy (non-hydrogen) atoms. The number of para-hydroxylation sites is 1.